The normalized spacial score (nSPS) is 15.7. The van der Waals surface area contributed by atoms with Gasteiger partial charge in [0.2, 0.25) is 0 Å². The van der Waals surface area contributed by atoms with Crippen LogP contribution in [0.15, 0.2) is 6.07 Å². The molecule has 1 fully saturated rings. The molecule has 1 saturated heterocycles. The minimum atomic E-state index is 0.354. The molecule has 0 aromatic carbocycles. The Morgan fingerprint density at radius 2 is 1.90 bits per heavy atom. The predicted octanol–water partition coefficient (Wildman–Crippen LogP) is 1.53. The summed E-state index contributed by atoms with van der Waals surface area (Å²) in [4.78, 5) is 13.7. The molecule has 1 aliphatic rings. The van der Waals surface area contributed by atoms with E-state index in [9.17, 15) is 0 Å². The van der Waals surface area contributed by atoms with Gasteiger partial charge in [-0.1, -0.05) is 13.8 Å². The van der Waals surface area contributed by atoms with Gasteiger partial charge in [0.1, 0.15) is 11.6 Å². The molecule has 0 saturated carbocycles. The molecule has 0 amide bonds. The average Bonchev–Trinajstić information content (AvgIpc) is 2.46. The van der Waals surface area contributed by atoms with E-state index in [-0.39, 0.29) is 0 Å². The van der Waals surface area contributed by atoms with Crippen LogP contribution in [-0.2, 0) is 0 Å². The Morgan fingerprint density at radius 1 is 1.25 bits per heavy atom. The van der Waals surface area contributed by atoms with Crippen LogP contribution >= 0.6 is 12.2 Å². The second-order valence-electron chi connectivity index (χ2n) is 5.41. The maximum absolute atomic E-state index is 5.28. The lowest BCUT2D eigenvalue weighted by Crippen LogP contribution is -2.51. The van der Waals surface area contributed by atoms with Gasteiger partial charge in [0, 0.05) is 50.9 Å². The number of piperazine rings is 1. The molecule has 2 rings (SSSR count). The van der Waals surface area contributed by atoms with Gasteiger partial charge in [0.25, 0.3) is 0 Å². The molecule has 0 aliphatic carbocycles. The van der Waals surface area contributed by atoms with Crippen LogP contribution in [0.25, 0.3) is 0 Å². The van der Waals surface area contributed by atoms with E-state index in [4.69, 9.17) is 17.2 Å². The van der Waals surface area contributed by atoms with Crippen LogP contribution < -0.4 is 10.2 Å². The largest absolute Gasteiger partial charge is 0.366 e. The van der Waals surface area contributed by atoms with Crippen molar-refractivity contribution in [3.05, 3.63) is 17.6 Å². The second-order valence-corrected chi connectivity index (χ2v) is 5.80. The smallest absolute Gasteiger partial charge is 0.168 e. The van der Waals surface area contributed by atoms with Crippen molar-refractivity contribution in [3.8, 4) is 0 Å². The van der Waals surface area contributed by atoms with Crippen molar-refractivity contribution in [1.29, 1.82) is 0 Å². The molecule has 0 unspecified atom stereocenters. The Labute approximate surface area is 126 Å². The van der Waals surface area contributed by atoms with Gasteiger partial charge in [-0.2, -0.15) is 0 Å². The molecule has 20 heavy (non-hydrogen) atoms. The van der Waals surface area contributed by atoms with Crippen molar-refractivity contribution >= 4 is 23.1 Å². The minimum Gasteiger partial charge on any atom is -0.366 e. The standard InChI is InChI=1S/C14H23N5S/c1-10(2)13-16-11(3)9-12(17-13)18-5-7-19(8-6-18)14(20)15-4/h9-10H,5-8H2,1-4H3,(H,15,20). The highest BCUT2D eigenvalue weighted by Gasteiger charge is 2.20. The molecule has 2 heterocycles. The van der Waals surface area contributed by atoms with Crippen LogP contribution in [0, 0.1) is 6.92 Å². The first kappa shape index (κ1) is 15.0. The van der Waals surface area contributed by atoms with E-state index in [1.165, 1.54) is 0 Å². The number of hydrogen-bond acceptors (Lipinski definition) is 4. The second kappa shape index (κ2) is 6.35. The quantitative estimate of drug-likeness (QED) is 0.835. The Morgan fingerprint density at radius 3 is 2.45 bits per heavy atom. The Kier molecular flexibility index (Phi) is 4.75. The Bertz CT molecular complexity index is 480. The fourth-order valence-electron chi connectivity index (χ4n) is 2.29. The summed E-state index contributed by atoms with van der Waals surface area (Å²) in [5.41, 5.74) is 1.03. The number of anilines is 1. The van der Waals surface area contributed by atoms with Crippen molar-refractivity contribution < 1.29 is 0 Å². The van der Waals surface area contributed by atoms with Gasteiger partial charge in [-0.25, -0.2) is 9.97 Å². The third-order valence-corrected chi connectivity index (χ3v) is 3.94. The molecule has 1 aromatic heterocycles. The number of nitrogens with one attached hydrogen (secondary N) is 1. The predicted molar refractivity (Wildman–Crippen MR) is 86.3 cm³/mol. The van der Waals surface area contributed by atoms with Crippen molar-refractivity contribution in [2.75, 3.05) is 38.1 Å². The molecular weight excluding hydrogens is 270 g/mol. The molecular formula is C14H23N5S. The molecule has 0 spiro atoms. The molecule has 1 aromatic rings. The van der Waals surface area contributed by atoms with Gasteiger partial charge in [0.15, 0.2) is 5.11 Å². The Hall–Kier alpha value is -1.43. The lowest BCUT2D eigenvalue weighted by molar-refractivity contribution is 0.381. The van der Waals surface area contributed by atoms with E-state index < -0.39 is 0 Å². The molecule has 0 radical (unpaired) electrons. The van der Waals surface area contributed by atoms with Crippen LogP contribution in [0.1, 0.15) is 31.3 Å². The van der Waals surface area contributed by atoms with Gasteiger partial charge in [-0.3, -0.25) is 0 Å². The van der Waals surface area contributed by atoms with E-state index in [0.717, 1.165) is 48.6 Å². The van der Waals surface area contributed by atoms with Gasteiger partial charge < -0.3 is 15.1 Å². The van der Waals surface area contributed by atoms with Crippen molar-refractivity contribution in [2.24, 2.45) is 0 Å². The summed E-state index contributed by atoms with van der Waals surface area (Å²) >= 11 is 5.28. The van der Waals surface area contributed by atoms with Gasteiger partial charge in [-0.05, 0) is 19.1 Å². The zero-order valence-electron chi connectivity index (χ0n) is 12.7. The number of aryl methyl sites for hydroxylation is 1. The highest BCUT2D eigenvalue weighted by atomic mass is 32.1. The maximum atomic E-state index is 5.28. The van der Waals surface area contributed by atoms with E-state index in [0.29, 0.717) is 5.92 Å². The lowest BCUT2D eigenvalue weighted by Gasteiger charge is -2.36. The van der Waals surface area contributed by atoms with Gasteiger partial charge >= 0.3 is 0 Å². The number of nitrogens with zero attached hydrogens (tertiary/aromatic N) is 4. The van der Waals surface area contributed by atoms with Crippen molar-refractivity contribution in [1.82, 2.24) is 20.2 Å². The summed E-state index contributed by atoms with van der Waals surface area (Å²) < 4.78 is 0. The number of rotatable bonds is 2. The maximum Gasteiger partial charge on any atom is 0.168 e. The first-order chi connectivity index (χ1) is 9.51. The number of hydrogen-bond donors (Lipinski definition) is 1. The molecule has 0 atom stereocenters. The van der Waals surface area contributed by atoms with Crippen molar-refractivity contribution in [2.45, 2.75) is 26.7 Å². The summed E-state index contributed by atoms with van der Waals surface area (Å²) in [5, 5.41) is 3.86. The zero-order chi connectivity index (χ0) is 14.7. The zero-order valence-corrected chi connectivity index (χ0v) is 13.5. The summed E-state index contributed by atoms with van der Waals surface area (Å²) in [6.45, 7) is 10.0. The van der Waals surface area contributed by atoms with Crippen molar-refractivity contribution in [3.63, 3.8) is 0 Å². The van der Waals surface area contributed by atoms with Crippen LogP contribution in [0.2, 0.25) is 0 Å². The summed E-state index contributed by atoms with van der Waals surface area (Å²) in [6, 6.07) is 2.07. The monoisotopic (exact) mass is 293 g/mol. The molecule has 110 valence electrons. The van der Waals surface area contributed by atoms with E-state index in [1.807, 2.05) is 14.0 Å². The van der Waals surface area contributed by atoms with Crippen LogP contribution in [0.3, 0.4) is 0 Å². The third kappa shape index (κ3) is 3.36. The summed E-state index contributed by atoms with van der Waals surface area (Å²) in [7, 11) is 1.87. The van der Waals surface area contributed by atoms with Crippen LogP contribution in [0.5, 0.6) is 0 Å². The molecule has 6 heteroatoms. The Balaban J connectivity index is 2.09. The lowest BCUT2D eigenvalue weighted by atomic mass is 10.2. The van der Waals surface area contributed by atoms with Gasteiger partial charge in [-0.15, -0.1) is 0 Å². The van der Waals surface area contributed by atoms with E-state index in [1.54, 1.807) is 0 Å². The molecule has 0 bridgehead atoms. The molecule has 5 nitrogen and oxygen atoms in total. The minimum absolute atomic E-state index is 0.354. The van der Waals surface area contributed by atoms with E-state index in [2.05, 4.69) is 40.0 Å². The number of aromatic nitrogens is 2. The SMILES string of the molecule is CNC(=S)N1CCN(c2cc(C)nc(C(C)C)n2)CC1. The fourth-order valence-corrected chi connectivity index (χ4v) is 2.47. The van der Waals surface area contributed by atoms with E-state index >= 15 is 0 Å². The number of thiocarbonyl (C=S) groups is 1. The molecule has 1 aliphatic heterocycles. The fraction of sp³-hybridized carbons (Fsp3) is 0.643. The van der Waals surface area contributed by atoms with Crippen LogP contribution in [0.4, 0.5) is 5.82 Å². The highest BCUT2D eigenvalue weighted by molar-refractivity contribution is 7.80. The van der Waals surface area contributed by atoms with Gasteiger partial charge in [0.05, 0.1) is 0 Å². The summed E-state index contributed by atoms with van der Waals surface area (Å²) in [6.07, 6.45) is 0. The molecule has 1 N–H and O–H groups in total. The average molecular weight is 293 g/mol. The topological polar surface area (TPSA) is 44.3 Å². The first-order valence-corrected chi connectivity index (χ1v) is 7.49. The third-order valence-electron chi connectivity index (χ3n) is 3.48. The first-order valence-electron chi connectivity index (χ1n) is 7.08. The van der Waals surface area contributed by atoms with Crippen LogP contribution in [-0.4, -0.2) is 53.2 Å². The highest BCUT2D eigenvalue weighted by Crippen LogP contribution is 2.18. The summed E-state index contributed by atoms with van der Waals surface area (Å²) in [5.74, 6) is 2.32.